The minimum atomic E-state index is -0.954. The van der Waals surface area contributed by atoms with Gasteiger partial charge in [0.25, 0.3) is 11.2 Å². The van der Waals surface area contributed by atoms with Crippen LogP contribution >= 0.6 is 11.3 Å². The molecule has 13 nitrogen and oxygen atoms in total. The van der Waals surface area contributed by atoms with Crippen molar-refractivity contribution in [3.05, 3.63) is 161 Å². The van der Waals surface area contributed by atoms with E-state index in [0.29, 0.717) is 37.6 Å². The zero-order valence-electron chi connectivity index (χ0n) is 32.0. The fourth-order valence-electron chi connectivity index (χ4n) is 6.87. The number of non-ortho nitro benzene ring substituents is 1. The Hall–Kier alpha value is -7.06. The monoisotopic (exact) mass is 798 g/mol. The van der Waals surface area contributed by atoms with Gasteiger partial charge in [0, 0.05) is 23.4 Å². The molecule has 0 unspecified atom stereocenters. The Morgan fingerprint density at radius 3 is 2.21 bits per heavy atom. The van der Waals surface area contributed by atoms with Crippen LogP contribution in [0.2, 0.25) is 0 Å². The summed E-state index contributed by atoms with van der Waals surface area (Å²) in [6, 6.07) is 31.8. The number of methoxy groups -OCH3 is 1. The van der Waals surface area contributed by atoms with Crippen LogP contribution in [0.1, 0.15) is 37.9 Å². The van der Waals surface area contributed by atoms with Gasteiger partial charge in [-0.2, -0.15) is 0 Å². The number of thiazole rings is 1. The number of fused-ring (bicyclic) bond motifs is 1. The highest BCUT2D eigenvalue weighted by molar-refractivity contribution is 7.07. The summed E-state index contributed by atoms with van der Waals surface area (Å²) in [7, 11) is 1.26. The summed E-state index contributed by atoms with van der Waals surface area (Å²) in [5, 5.41) is 11.6. The molecule has 0 spiro atoms. The average molecular weight is 799 g/mol. The van der Waals surface area contributed by atoms with Gasteiger partial charge in [-0.25, -0.2) is 14.6 Å². The summed E-state index contributed by atoms with van der Waals surface area (Å²) in [4.78, 5) is 56.7. The van der Waals surface area contributed by atoms with E-state index in [-0.39, 0.29) is 36.8 Å². The first kappa shape index (κ1) is 39.2. The maximum Gasteiger partial charge on any atom is 0.343 e. The number of ether oxygens (including phenoxy) is 4. The third kappa shape index (κ3) is 7.69. The van der Waals surface area contributed by atoms with Crippen LogP contribution in [0.25, 0.3) is 34.3 Å². The van der Waals surface area contributed by atoms with Crippen molar-refractivity contribution in [2.75, 3.05) is 26.9 Å². The minimum Gasteiger partial charge on any atom is -0.490 e. The fourth-order valence-corrected chi connectivity index (χ4v) is 7.91. The molecular formula is C44H38N4O9S. The number of benzene rings is 4. The lowest BCUT2D eigenvalue weighted by atomic mass is 9.95. The van der Waals surface area contributed by atoms with E-state index in [1.807, 2.05) is 77.4 Å². The van der Waals surface area contributed by atoms with Gasteiger partial charge in [0.1, 0.15) is 0 Å². The van der Waals surface area contributed by atoms with Gasteiger partial charge in [-0.15, -0.1) is 0 Å². The molecule has 0 saturated carbocycles. The first-order chi connectivity index (χ1) is 28.1. The highest BCUT2D eigenvalue weighted by Gasteiger charge is 2.34. The zero-order chi connectivity index (χ0) is 40.9. The Morgan fingerprint density at radius 2 is 1.57 bits per heavy atom. The number of aromatic nitrogens is 2. The van der Waals surface area contributed by atoms with Crippen molar-refractivity contribution in [2.45, 2.75) is 26.8 Å². The van der Waals surface area contributed by atoms with Crippen molar-refractivity contribution < 1.29 is 33.5 Å². The molecule has 1 atom stereocenters. The molecule has 0 bridgehead atoms. The largest absolute Gasteiger partial charge is 0.490 e. The molecule has 1 aliphatic heterocycles. The minimum absolute atomic E-state index is 0.0384. The molecule has 0 amide bonds. The third-order valence-corrected chi connectivity index (χ3v) is 10.4. The van der Waals surface area contributed by atoms with Crippen LogP contribution in [0.3, 0.4) is 0 Å². The smallest absolute Gasteiger partial charge is 0.343 e. The number of hydrogen-bond acceptors (Lipinski definition) is 11. The molecule has 3 heterocycles. The van der Waals surface area contributed by atoms with Crippen LogP contribution in [0.15, 0.2) is 130 Å². The van der Waals surface area contributed by atoms with Gasteiger partial charge in [0.05, 0.1) is 58.5 Å². The molecule has 0 fully saturated rings. The van der Waals surface area contributed by atoms with Crippen molar-refractivity contribution >= 4 is 35.0 Å². The Labute approximate surface area is 336 Å². The normalized spacial score (nSPS) is 13.7. The van der Waals surface area contributed by atoms with E-state index in [9.17, 15) is 24.5 Å². The molecule has 6 aromatic rings. The molecule has 58 heavy (non-hydrogen) atoms. The van der Waals surface area contributed by atoms with Gasteiger partial charge in [-0.1, -0.05) is 78.1 Å². The lowest BCUT2D eigenvalue weighted by molar-refractivity contribution is -0.384. The first-order valence-corrected chi connectivity index (χ1v) is 19.2. The number of nitrogens with zero attached hydrogens (tertiary/aromatic N) is 4. The topological polar surface area (TPSA) is 153 Å². The van der Waals surface area contributed by atoms with E-state index in [0.717, 1.165) is 22.5 Å². The van der Waals surface area contributed by atoms with E-state index in [4.69, 9.17) is 23.9 Å². The molecule has 294 valence electrons. The van der Waals surface area contributed by atoms with Crippen molar-refractivity contribution in [3.8, 4) is 39.7 Å². The predicted molar refractivity (Wildman–Crippen MR) is 219 cm³/mol. The first-order valence-electron chi connectivity index (χ1n) is 18.4. The van der Waals surface area contributed by atoms with E-state index in [2.05, 4.69) is 0 Å². The molecule has 4 aromatic carbocycles. The van der Waals surface area contributed by atoms with Crippen LogP contribution in [-0.4, -0.2) is 52.9 Å². The summed E-state index contributed by atoms with van der Waals surface area (Å²) < 4.78 is 25.7. The molecule has 2 aromatic heterocycles. The van der Waals surface area contributed by atoms with Gasteiger partial charge < -0.3 is 23.5 Å². The summed E-state index contributed by atoms with van der Waals surface area (Å²) in [6.45, 7) is 5.24. The maximum atomic E-state index is 14.8. The van der Waals surface area contributed by atoms with E-state index >= 15 is 0 Å². The Morgan fingerprint density at radius 1 is 0.879 bits per heavy atom. The zero-order valence-corrected chi connectivity index (χ0v) is 32.9. The van der Waals surface area contributed by atoms with Crippen molar-refractivity contribution in [3.63, 3.8) is 0 Å². The number of esters is 2. The predicted octanol–water partition coefficient (Wildman–Crippen LogP) is 6.78. The summed E-state index contributed by atoms with van der Waals surface area (Å²) in [5.74, 6) is -0.610. The average Bonchev–Trinajstić information content (AvgIpc) is 3.76. The highest BCUT2D eigenvalue weighted by Crippen LogP contribution is 2.38. The Balaban J connectivity index is 1.46. The molecular weight excluding hydrogens is 761 g/mol. The number of carbonyl (C=O) groups excluding carboxylic acids is 2. The number of allylic oxidation sites excluding steroid dienone is 1. The van der Waals surface area contributed by atoms with Gasteiger partial charge >= 0.3 is 11.9 Å². The molecule has 1 aliphatic rings. The number of nitro groups is 1. The summed E-state index contributed by atoms with van der Waals surface area (Å²) in [5.41, 5.74) is 5.34. The molecule has 0 aliphatic carbocycles. The van der Waals surface area contributed by atoms with Crippen molar-refractivity contribution in [1.82, 2.24) is 9.13 Å². The second kappa shape index (κ2) is 17.0. The molecule has 0 N–H and O–H groups in total. The Kier molecular flexibility index (Phi) is 11.5. The Bertz CT molecular complexity index is 2740. The lowest BCUT2D eigenvalue weighted by Gasteiger charge is -2.25. The van der Waals surface area contributed by atoms with Gasteiger partial charge in [-0.3, -0.25) is 19.5 Å². The SMILES string of the molecule is CCOC(=O)C1=C(C)N=c2s/c(=C/c3cc(-c4ccccc4)n(-c4ccc([N+](=O)[O-])cc4)c3-c3ccccc3)c(=O)n2[C@@H]1c1ccc(OCC(=O)OC)c(OCC)c1. The van der Waals surface area contributed by atoms with E-state index < -0.39 is 28.5 Å². The second-order valence-electron chi connectivity index (χ2n) is 13.0. The van der Waals surface area contributed by atoms with E-state index in [1.165, 1.54) is 35.1 Å². The molecule has 0 saturated heterocycles. The third-order valence-electron chi connectivity index (χ3n) is 9.43. The van der Waals surface area contributed by atoms with Gasteiger partial charge in [0.2, 0.25) is 0 Å². The summed E-state index contributed by atoms with van der Waals surface area (Å²) >= 11 is 1.18. The van der Waals surface area contributed by atoms with Crippen molar-refractivity contribution in [1.29, 1.82) is 0 Å². The second-order valence-corrected chi connectivity index (χ2v) is 14.0. The number of nitro benzene ring substituents is 1. The lowest BCUT2D eigenvalue weighted by Crippen LogP contribution is -2.40. The van der Waals surface area contributed by atoms with Crippen molar-refractivity contribution in [2.24, 2.45) is 4.99 Å². The van der Waals surface area contributed by atoms with Crippen LogP contribution in [0, 0.1) is 10.1 Å². The van der Waals surface area contributed by atoms with Crippen LogP contribution in [0.4, 0.5) is 5.69 Å². The number of carbonyl (C=O) groups is 2. The maximum absolute atomic E-state index is 14.8. The van der Waals surface area contributed by atoms with Crippen LogP contribution in [-0.2, 0) is 19.1 Å². The number of hydrogen-bond donors (Lipinski definition) is 0. The molecule has 7 rings (SSSR count). The van der Waals surface area contributed by atoms with E-state index in [1.54, 1.807) is 51.1 Å². The van der Waals surface area contributed by atoms with Crippen LogP contribution < -0.4 is 24.4 Å². The van der Waals surface area contributed by atoms with Crippen LogP contribution in [0.5, 0.6) is 11.5 Å². The number of rotatable bonds is 13. The molecule has 0 radical (unpaired) electrons. The summed E-state index contributed by atoms with van der Waals surface area (Å²) in [6.07, 6.45) is 1.82. The standard InChI is InChI=1S/C44H38N4O9S/c1-5-55-36-24-30(17-22-35(36)57-26-38(49)54-4)41-39(43(51)56-6-2)27(3)45-44-47(41)42(50)37(58-44)25-31-23-34(28-13-9-7-10-14-28)46(40(31)29-15-11-8-12-16-29)32-18-20-33(21-19-32)48(52)53/h7-25,41H,5-6,26H2,1-4H3/b37-25+/t41-/m1/s1. The van der Waals surface area contributed by atoms with Gasteiger partial charge in [-0.05, 0) is 73.9 Å². The van der Waals surface area contributed by atoms with Gasteiger partial charge in [0.15, 0.2) is 22.9 Å². The molecule has 14 heteroatoms. The highest BCUT2D eigenvalue weighted by atomic mass is 32.1. The fraction of sp³-hybridized carbons (Fsp3) is 0.182. The quantitative estimate of drug-likeness (QED) is 0.0699.